The Bertz CT molecular complexity index is 1070. The van der Waals surface area contributed by atoms with Crippen molar-refractivity contribution in [2.45, 2.75) is 25.0 Å². The Morgan fingerprint density at radius 3 is 2.73 bits per heavy atom. The molecule has 2 aromatic carbocycles. The summed E-state index contributed by atoms with van der Waals surface area (Å²) in [6, 6.07) is 13.6. The second-order valence-electron chi connectivity index (χ2n) is 5.71. The molecule has 7 heteroatoms. The lowest BCUT2D eigenvalue weighted by molar-refractivity contribution is -0.118. The number of thioether (sulfide) groups is 1. The first kappa shape index (κ1) is 18.0. The van der Waals surface area contributed by atoms with Gasteiger partial charge in [-0.3, -0.25) is 14.2 Å². The van der Waals surface area contributed by atoms with Crippen LogP contribution in [0, 0.1) is 11.3 Å². The molecule has 1 aromatic heterocycles. The molecule has 3 rings (SSSR count). The van der Waals surface area contributed by atoms with Gasteiger partial charge in [0.2, 0.25) is 5.91 Å². The SMILES string of the molecule is CCn1c(SCC(=O)NCCC#N)nc2cc3ccccc3cc2c1=O. The zero-order valence-electron chi connectivity index (χ0n) is 14.4. The van der Waals surface area contributed by atoms with Gasteiger partial charge in [-0.05, 0) is 29.8 Å². The molecule has 6 nitrogen and oxygen atoms in total. The normalized spacial score (nSPS) is 10.8. The quantitative estimate of drug-likeness (QED) is 0.314. The molecule has 0 aliphatic heterocycles. The van der Waals surface area contributed by atoms with Crippen molar-refractivity contribution >= 4 is 39.3 Å². The smallest absolute Gasteiger partial charge is 0.262 e. The van der Waals surface area contributed by atoms with Crippen molar-refractivity contribution in [3.8, 4) is 6.07 Å². The molecule has 1 heterocycles. The Balaban J connectivity index is 1.94. The molecule has 3 aromatic rings. The summed E-state index contributed by atoms with van der Waals surface area (Å²) in [5.74, 6) is -0.0301. The maximum Gasteiger partial charge on any atom is 0.262 e. The van der Waals surface area contributed by atoms with E-state index < -0.39 is 0 Å². The second-order valence-corrected chi connectivity index (χ2v) is 6.65. The van der Waals surface area contributed by atoms with Crippen LogP contribution < -0.4 is 10.9 Å². The number of nitrogens with one attached hydrogen (secondary N) is 1. The topological polar surface area (TPSA) is 87.8 Å². The van der Waals surface area contributed by atoms with Crippen molar-refractivity contribution in [2.75, 3.05) is 12.3 Å². The highest BCUT2D eigenvalue weighted by atomic mass is 32.2. The number of benzene rings is 2. The van der Waals surface area contributed by atoms with Gasteiger partial charge < -0.3 is 5.32 Å². The lowest BCUT2D eigenvalue weighted by atomic mass is 10.1. The third-order valence-electron chi connectivity index (χ3n) is 3.99. The van der Waals surface area contributed by atoms with Gasteiger partial charge in [-0.25, -0.2) is 4.98 Å². The van der Waals surface area contributed by atoms with E-state index in [4.69, 9.17) is 5.26 Å². The van der Waals surface area contributed by atoms with Crippen LogP contribution in [0.15, 0.2) is 46.3 Å². The molecule has 0 bridgehead atoms. The highest BCUT2D eigenvalue weighted by Gasteiger charge is 2.13. The summed E-state index contributed by atoms with van der Waals surface area (Å²) < 4.78 is 1.59. The standard InChI is InChI=1S/C19H18N4O2S/c1-2-23-18(25)15-10-13-6-3-4-7-14(13)11-16(15)22-19(23)26-12-17(24)21-9-5-8-20/h3-4,6-7,10-11H,2,5,9,12H2,1H3,(H,21,24). The molecule has 0 atom stereocenters. The van der Waals surface area contributed by atoms with Crippen molar-refractivity contribution in [3.05, 3.63) is 46.8 Å². The maximum atomic E-state index is 12.9. The molecule has 0 saturated heterocycles. The van der Waals surface area contributed by atoms with Crippen molar-refractivity contribution in [1.82, 2.24) is 14.9 Å². The van der Waals surface area contributed by atoms with Crippen LogP contribution in [0.1, 0.15) is 13.3 Å². The summed E-state index contributed by atoms with van der Waals surface area (Å²) in [5, 5.41) is 14.3. The number of hydrogen-bond donors (Lipinski definition) is 1. The van der Waals surface area contributed by atoms with E-state index in [1.807, 2.05) is 49.4 Å². The molecule has 0 spiro atoms. The molecule has 26 heavy (non-hydrogen) atoms. The Hall–Kier alpha value is -2.85. The first-order valence-electron chi connectivity index (χ1n) is 8.34. The Kier molecular flexibility index (Phi) is 5.54. The molecule has 0 aliphatic rings. The number of amides is 1. The summed E-state index contributed by atoms with van der Waals surface area (Å²) in [4.78, 5) is 29.3. The predicted molar refractivity (Wildman–Crippen MR) is 103 cm³/mol. The third kappa shape index (κ3) is 3.70. The van der Waals surface area contributed by atoms with Gasteiger partial charge in [0.15, 0.2) is 5.16 Å². The number of rotatable bonds is 6. The minimum absolute atomic E-state index is 0.101. The van der Waals surface area contributed by atoms with Gasteiger partial charge in [-0.1, -0.05) is 36.0 Å². The zero-order valence-corrected chi connectivity index (χ0v) is 15.2. The fourth-order valence-corrected chi connectivity index (χ4v) is 3.61. The lowest BCUT2D eigenvalue weighted by Crippen LogP contribution is -2.27. The van der Waals surface area contributed by atoms with E-state index >= 15 is 0 Å². The average molecular weight is 366 g/mol. The van der Waals surface area contributed by atoms with Gasteiger partial charge >= 0.3 is 0 Å². The average Bonchev–Trinajstić information content (AvgIpc) is 2.65. The molecule has 1 N–H and O–H groups in total. The monoisotopic (exact) mass is 366 g/mol. The molecule has 0 aliphatic carbocycles. The minimum Gasteiger partial charge on any atom is -0.354 e. The van der Waals surface area contributed by atoms with Gasteiger partial charge in [0.25, 0.3) is 5.56 Å². The van der Waals surface area contributed by atoms with Gasteiger partial charge in [-0.15, -0.1) is 0 Å². The summed E-state index contributed by atoms with van der Waals surface area (Å²) in [7, 11) is 0. The number of nitriles is 1. The fourth-order valence-electron chi connectivity index (χ4n) is 2.72. The molecular weight excluding hydrogens is 348 g/mol. The molecular formula is C19H18N4O2S. The van der Waals surface area contributed by atoms with E-state index in [0.29, 0.717) is 29.1 Å². The summed E-state index contributed by atoms with van der Waals surface area (Å²) in [5.41, 5.74) is 0.529. The van der Waals surface area contributed by atoms with Gasteiger partial charge in [0.1, 0.15) is 0 Å². The van der Waals surface area contributed by atoms with Crippen molar-refractivity contribution in [3.63, 3.8) is 0 Å². The van der Waals surface area contributed by atoms with Crippen LogP contribution in [-0.4, -0.2) is 27.8 Å². The minimum atomic E-state index is -0.180. The Morgan fingerprint density at radius 2 is 2.04 bits per heavy atom. The Labute approximate surface area is 154 Å². The second kappa shape index (κ2) is 8.02. The van der Waals surface area contributed by atoms with Crippen LogP contribution in [0.4, 0.5) is 0 Å². The summed E-state index contributed by atoms with van der Waals surface area (Å²) >= 11 is 1.23. The van der Waals surface area contributed by atoms with Gasteiger partial charge in [0.05, 0.1) is 29.1 Å². The molecule has 0 fully saturated rings. The number of carbonyl (C=O) groups is 1. The van der Waals surface area contributed by atoms with Crippen LogP contribution in [0.2, 0.25) is 0 Å². The van der Waals surface area contributed by atoms with E-state index in [0.717, 1.165) is 10.8 Å². The maximum absolute atomic E-state index is 12.9. The molecule has 0 saturated carbocycles. The predicted octanol–water partition coefficient (Wildman–Crippen LogP) is 2.69. The van der Waals surface area contributed by atoms with Crippen LogP contribution in [-0.2, 0) is 11.3 Å². The number of nitrogens with zero attached hydrogens (tertiary/aromatic N) is 3. The van der Waals surface area contributed by atoms with E-state index in [1.54, 1.807) is 4.57 Å². The molecule has 0 radical (unpaired) electrons. The van der Waals surface area contributed by atoms with Gasteiger partial charge in [-0.2, -0.15) is 5.26 Å². The number of carbonyl (C=O) groups excluding carboxylic acids is 1. The molecule has 0 unspecified atom stereocenters. The number of aromatic nitrogens is 2. The summed E-state index contributed by atoms with van der Waals surface area (Å²) in [6.45, 7) is 2.69. The highest BCUT2D eigenvalue weighted by molar-refractivity contribution is 7.99. The van der Waals surface area contributed by atoms with E-state index in [9.17, 15) is 9.59 Å². The lowest BCUT2D eigenvalue weighted by Gasteiger charge is -2.12. The van der Waals surface area contributed by atoms with Crippen LogP contribution in [0.5, 0.6) is 0 Å². The van der Waals surface area contributed by atoms with Crippen molar-refractivity contribution in [2.24, 2.45) is 0 Å². The Morgan fingerprint density at radius 1 is 1.31 bits per heavy atom. The van der Waals surface area contributed by atoms with Crippen molar-refractivity contribution < 1.29 is 4.79 Å². The van der Waals surface area contributed by atoms with E-state index in [1.165, 1.54) is 11.8 Å². The zero-order chi connectivity index (χ0) is 18.5. The largest absolute Gasteiger partial charge is 0.354 e. The highest BCUT2D eigenvalue weighted by Crippen LogP contribution is 2.22. The van der Waals surface area contributed by atoms with Gasteiger partial charge in [0, 0.05) is 13.1 Å². The van der Waals surface area contributed by atoms with Crippen LogP contribution in [0.3, 0.4) is 0 Å². The summed E-state index contributed by atoms with van der Waals surface area (Å²) in [6.07, 6.45) is 0.275. The molecule has 1 amide bonds. The van der Waals surface area contributed by atoms with Crippen LogP contribution in [0.25, 0.3) is 21.7 Å². The first-order valence-corrected chi connectivity index (χ1v) is 9.32. The van der Waals surface area contributed by atoms with Crippen LogP contribution >= 0.6 is 11.8 Å². The van der Waals surface area contributed by atoms with Crippen molar-refractivity contribution in [1.29, 1.82) is 5.26 Å². The number of fused-ring (bicyclic) bond motifs is 2. The van der Waals surface area contributed by atoms with E-state index in [-0.39, 0.29) is 23.6 Å². The first-order chi connectivity index (χ1) is 12.6. The fraction of sp³-hybridized carbons (Fsp3) is 0.263. The third-order valence-corrected chi connectivity index (χ3v) is 4.97. The number of hydrogen-bond acceptors (Lipinski definition) is 5. The molecule has 132 valence electrons. The van der Waals surface area contributed by atoms with E-state index in [2.05, 4.69) is 10.3 Å².